The smallest absolute Gasteiger partial charge is 0.193 e. The van der Waals surface area contributed by atoms with E-state index in [-0.39, 0.29) is 6.29 Å². The topological polar surface area (TPSA) is 30.8 Å². The molecule has 0 heterocycles. The van der Waals surface area contributed by atoms with Gasteiger partial charge in [0.2, 0.25) is 0 Å². The lowest BCUT2D eigenvalue weighted by molar-refractivity contribution is -0.0868. The Balaban J connectivity index is 3.50. The van der Waals surface area contributed by atoms with E-state index in [0.717, 1.165) is 0 Å². The molecule has 0 spiro atoms. The Labute approximate surface area is 62.1 Å². The molecular weight excluding hydrogens is 130 g/mol. The molecule has 0 aliphatic heterocycles. The Kier molecular flexibility index (Phi) is 6.43. The summed E-state index contributed by atoms with van der Waals surface area (Å²) in [6, 6.07) is 0. The highest BCUT2D eigenvalue weighted by molar-refractivity contribution is 5.60. The molecule has 0 aromatic carbocycles. The highest BCUT2D eigenvalue weighted by Gasteiger charge is 2.00. The minimum absolute atomic E-state index is 0.264. The molecule has 0 saturated heterocycles. The summed E-state index contributed by atoms with van der Waals surface area (Å²) >= 11 is 0. The first-order valence-corrected chi connectivity index (χ1v) is 3.50. The molecule has 0 bridgehead atoms. The van der Waals surface area contributed by atoms with E-state index in [1.165, 1.54) is 0 Å². The molecule has 0 radical (unpaired) electrons. The van der Waals surface area contributed by atoms with Gasteiger partial charge in [-0.05, 0) is 13.8 Å². The van der Waals surface area contributed by atoms with Crippen molar-refractivity contribution in [3.05, 3.63) is 0 Å². The van der Waals surface area contributed by atoms with Crippen LogP contribution in [0, 0.1) is 0 Å². The van der Waals surface area contributed by atoms with E-state index in [9.17, 15) is 0 Å². The Morgan fingerprint density at radius 3 is 2.10 bits per heavy atom. The van der Waals surface area contributed by atoms with E-state index in [2.05, 4.69) is 4.99 Å². The van der Waals surface area contributed by atoms with Crippen molar-refractivity contribution in [3.8, 4) is 0 Å². The van der Waals surface area contributed by atoms with Crippen molar-refractivity contribution in [2.45, 2.75) is 20.1 Å². The molecule has 0 aliphatic rings. The second-order valence-corrected chi connectivity index (χ2v) is 1.69. The lowest BCUT2D eigenvalue weighted by Crippen LogP contribution is -2.18. The molecule has 0 N–H and O–H groups in total. The molecule has 60 valence electrons. The molecule has 10 heavy (non-hydrogen) atoms. The highest BCUT2D eigenvalue weighted by atomic mass is 16.7. The summed E-state index contributed by atoms with van der Waals surface area (Å²) in [5, 5.41) is 0. The van der Waals surface area contributed by atoms with Crippen molar-refractivity contribution in [2.75, 3.05) is 20.3 Å². The average Bonchev–Trinajstić information content (AvgIpc) is 1.90. The third-order valence-corrected chi connectivity index (χ3v) is 0.933. The monoisotopic (exact) mass is 145 g/mol. The maximum atomic E-state index is 5.15. The fourth-order valence-corrected chi connectivity index (χ4v) is 0.584. The molecule has 0 unspecified atom stereocenters. The summed E-state index contributed by atoms with van der Waals surface area (Å²) in [5.74, 6) is 0. The molecule has 3 heteroatoms. The van der Waals surface area contributed by atoms with Crippen LogP contribution in [-0.4, -0.2) is 32.8 Å². The number of hydrogen-bond acceptors (Lipinski definition) is 3. The van der Waals surface area contributed by atoms with Gasteiger partial charge in [-0.25, -0.2) is 0 Å². The molecule has 0 fully saturated rings. The van der Waals surface area contributed by atoms with E-state index in [4.69, 9.17) is 9.47 Å². The van der Waals surface area contributed by atoms with Crippen molar-refractivity contribution in [3.63, 3.8) is 0 Å². The minimum atomic E-state index is -0.264. The summed E-state index contributed by atoms with van der Waals surface area (Å²) < 4.78 is 10.3. The van der Waals surface area contributed by atoms with Crippen LogP contribution in [-0.2, 0) is 9.47 Å². The van der Waals surface area contributed by atoms with Gasteiger partial charge in [0, 0.05) is 20.3 Å². The third kappa shape index (κ3) is 4.47. The Bertz CT molecular complexity index is 87.6. The van der Waals surface area contributed by atoms with E-state index < -0.39 is 0 Å². The molecule has 0 atom stereocenters. The van der Waals surface area contributed by atoms with Crippen LogP contribution in [0.2, 0.25) is 0 Å². The molecule has 0 amide bonds. The van der Waals surface area contributed by atoms with Gasteiger partial charge in [0.05, 0.1) is 6.21 Å². The van der Waals surface area contributed by atoms with Gasteiger partial charge in [0.25, 0.3) is 0 Å². The fourth-order valence-electron chi connectivity index (χ4n) is 0.584. The maximum Gasteiger partial charge on any atom is 0.193 e. The average molecular weight is 145 g/mol. The van der Waals surface area contributed by atoms with Crippen LogP contribution in [0.1, 0.15) is 13.8 Å². The second kappa shape index (κ2) is 6.71. The fraction of sp³-hybridized carbons (Fsp3) is 0.857. The first-order valence-electron chi connectivity index (χ1n) is 3.50. The highest BCUT2D eigenvalue weighted by Crippen LogP contribution is 1.90. The summed E-state index contributed by atoms with van der Waals surface area (Å²) in [6.45, 7) is 5.15. The van der Waals surface area contributed by atoms with E-state index in [0.29, 0.717) is 13.2 Å². The molecular formula is C7H15NO2. The number of aliphatic imine (C=N–C) groups is 1. The predicted octanol–water partition coefficient (Wildman–Crippen LogP) is 1.09. The first kappa shape index (κ1) is 9.59. The maximum absolute atomic E-state index is 5.15. The van der Waals surface area contributed by atoms with Gasteiger partial charge in [-0.2, -0.15) is 0 Å². The van der Waals surface area contributed by atoms with Crippen molar-refractivity contribution in [1.29, 1.82) is 0 Å². The molecule has 0 aromatic heterocycles. The molecule has 0 aliphatic carbocycles. The number of nitrogens with zero attached hydrogens (tertiary/aromatic N) is 1. The Hall–Kier alpha value is -0.410. The lowest BCUT2D eigenvalue weighted by Gasteiger charge is -2.10. The van der Waals surface area contributed by atoms with Gasteiger partial charge >= 0.3 is 0 Å². The van der Waals surface area contributed by atoms with Crippen molar-refractivity contribution >= 4 is 6.21 Å². The van der Waals surface area contributed by atoms with Crippen LogP contribution in [0.5, 0.6) is 0 Å². The van der Waals surface area contributed by atoms with E-state index in [1.807, 2.05) is 13.8 Å². The molecule has 0 saturated carbocycles. The van der Waals surface area contributed by atoms with Crippen LogP contribution < -0.4 is 0 Å². The largest absolute Gasteiger partial charge is 0.348 e. The van der Waals surface area contributed by atoms with Crippen molar-refractivity contribution < 1.29 is 9.47 Å². The van der Waals surface area contributed by atoms with Gasteiger partial charge in [0.15, 0.2) is 6.29 Å². The zero-order valence-corrected chi connectivity index (χ0v) is 6.83. The van der Waals surface area contributed by atoms with Crippen molar-refractivity contribution in [2.24, 2.45) is 4.99 Å². The van der Waals surface area contributed by atoms with Crippen LogP contribution >= 0.6 is 0 Å². The van der Waals surface area contributed by atoms with Crippen LogP contribution in [0.3, 0.4) is 0 Å². The molecule has 0 rings (SSSR count). The standard InChI is InChI=1S/C7H15NO2/c1-4-9-7(6-8-3)10-5-2/h6-7H,4-5H2,1-3H3/b8-6-. The summed E-state index contributed by atoms with van der Waals surface area (Å²) in [5.41, 5.74) is 0. The lowest BCUT2D eigenvalue weighted by atomic mass is 10.6. The molecule has 0 aromatic rings. The van der Waals surface area contributed by atoms with Gasteiger partial charge in [-0.3, -0.25) is 4.99 Å². The van der Waals surface area contributed by atoms with E-state index >= 15 is 0 Å². The van der Waals surface area contributed by atoms with Gasteiger partial charge in [0.1, 0.15) is 0 Å². The zero-order valence-electron chi connectivity index (χ0n) is 6.83. The molecule has 3 nitrogen and oxygen atoms in total. The zero-order chi connectivity index (χ0) is 7.82. The normalized spacial score (nSPS) is 11.6. The third-order valence-electron chi connectivity index (χ3n) is 0.933. The number of ether oxygens (including phenoxy) is 2. The van der Waals surface area contributed by atoms with Crippen LogP contribution in [0.25, 0.3) is 0 Å². The SMILES string of the molecule is CCOC(/C=N\C)OCC. The van der Waals surface area contributed by atoms with Gasteiger partial charge in [-0.15, -0.1) is 0 Å². The van der Waals surface area contributed by atoms with E-state index in [1.54, 1.807) is 13.3 Å². The summed E-state index contributed by atoms with van der Waals surface area (Å²) in [7, 11) is 1.70. The minimum Gasteiger partial charge on any atom is -0.348 e. The second-order valence-electron chi connectivity index (χ2n) is 1.69. The van der Waals surface area contributed by atoms with Crippen LogP contribution in [0.4, 0.5) is 0 Å². The Morgan fingerprint density at radius 2 is 1.80 bits per heavy atom. The van der Waals surface area contributed by atoms with Crippen molar-refractivity contribution in [1.82, 2.24) is 0 Å². The van der Waals surface area contributed by atoms with Crippen LogP contribution in [0.15, 0.2) is 4.99 Å². The Morgan fingerprint density at radius 1 is 1.30 bits per heavy atom. The number of rotatable bonds is 5. The first-order chi connectivity index (χ1) is 4.85. The summed E-state index contributed by atoms with van der Waals surface area (Å²) in [4.78, 5) is 3.80. The predicted molar refractivity (Wildman–Crippen MR) is 41.5 cm³/mol. The van der Waals surface area contributed by atoms with Gasteiger partial charge < -0.3 is 9.47 Å². The quantitative estimate of drug-likeness (QED) is 0.428. The van der Waals surface area contributed by atoms with Gasteiger partial charge in [-0.1, -0.05) is 0 Å². The number of hydrogen-bond donors (Lipinski definition) is 0. The summed E-state index contributed by atoms with van der Waals surface area (Å²) in [6.07, 6.45) is 1.38.